The van der Waals surface area contributed by atoms with Crippen LogP contribution in [0.4, 0.5) is 0 Å². The van der Waals surface area contributed by atoms with Crippen molar-refractivity contribution in [2.75, 3.05) is 19.8 Å². The maximum absolute atomic E-state index is 9.59. The van der Waals surface area contributed by atoms with E-state index >= 15 is 0 Å². The Hall–Kier alpha value is -1.06. The van der Waals surface area contributed by atoms with E-state index in [9.17, 15) is 5.11 Å². The SMILES string of the molecule is OCC1(NCC2COc3ccccc32)CCCC1. The average Bonchev–Trinajstić information content (AvgIpc) is 3.04. The van der Waals surface area contributed by atoms with Gasteiger partial charge in [-0.3, -0.25) is 0 Å². The number of para-hydroxylation sites is 1. The fraction of sp³-hybridized carbons (Fsp3) is 0.600. The van der Waals surface area contributed by atoms with Crippen molar-refractivity contribution in [2.45, 2.75) is 37.1 Å². The van der Waals surface area contributed by atoms with Crippen molar-refractivity contribution in [3.8, 4) is 5.75 Å². The van der Waals surface area contributed by atoms with E-state index < -0.39 is 0 Å². The highest BCUT2D eigenvalue weighted by Crippen LogP contribution is 2.34. The minimum atomic E-state index is -0.0302. The third kappa shape index (κ3) is 2.13. The summed E-state index contributed by atoms with van der Waals surface area (Å²) in [5.74, 6) is 1.44. The molecule has 2 aliphatic rings. The molecule has 3 nitrogen and oxygen atoms in total. The van der Waals surface area contributed by atoms with E-state index in [0.29, 0.717) is 5.92 Å². The second-order valence-electron chi connectivity index (χ2n) is 5.57. The van der Waals surface area contributed by atoms with Crippen LogP contribution in [0, 0.1) is 0 Å². The second-order valence-corrected chi connectivity index (χ2v) is 5.57. The molecule has 0 aromatic heterocycles. The summed E-state index contributed by atoms with van der Waals surface area (Å²) in [7, 11) is 0. The maximum atomic E-state index is 9.59. The lowest BCUT2D eigenvalue weighted by Crippen LogP contribution is -2.47. The van der Waals surface area contributed by atoms with Gasteiger partial charge in [-0.05, 0) is 18.9 Å². The van der Waals surface area contributed by atoms with Crippen LogP contribution in [0.15, 0.2) is 24.3 Å². The first-order valence-electron chi connectivity index (χ1n) is 6.91. The van der Waals surface area contributed by atoms with Gasteiger partial charge < -0.3 is 15.2 Å². The zero-order valence-electron chi connectivity index (χ0n) is 10.7. The Bertz CT molecular complexity index is 413. The molecule has 1 unspecified atom stereocenters. The van der Waals surface area contributed by atoms with E-state index in [0.717, 1.165) is 31.7 Å². The molecule has 1 heterocycles. The van der Waals surface area contributed by atoms with Crippen LogP contribution < -0.4 is 10.1 Å². The standard InChI is InChI=1S/C15H21NO2/c17-11-15(7-3-4-8-15)16-9-12-10-18-14-6-2-1-5-13(12)14/h1-2,5-6,12,16-17H,3-4,7-11H2. The third-order valence-electron chi connectivity index (χ3n) is 4.39. The molecule has 0 spiro atoms. The maximum Gasteiger partial charge on any atom is 0.122 e. The quantitative estimate of drug-likeness (QED) is 0.855. The van der Waals surface area contributed by atoms with Crippen molar-refractivity contribution in [3.05, 3.63) is 29.8 Å². The normalized spacial score (nSPS) is 24.8. The number of benzene rings is 1. The van der Waals surface area contributed by atoms with E-state index in [1.807, 2.05) is 12.1 Å². The van der Waals surface area contributed by atoms with Crippen molar-refractivity contribution in [2.24, 2.45) is 0 Å². The van der Waals surface area contributed by atoms with E-state index in [-0.39, 0.29) is 12.1 Å². The van der Waals surface area contributed by atoms with Gasteiger partial charge in [0.15, 0.2) is 0 Å². The van der Waals surface area contributed by atoms with Crippen LogP contribution >= 0.6 is 0 Å². The van der Waals surface area contributed by atoms with Gasteiger partial charge in [0.05, 0.1) is 13.2 Å². The molecule has 1 atom stereocenters. The van der Waals surface area contributed by atoms with E-state index in [1.54, 1.807) is 0 Å². The Morgan fingerprint density at radius 2 is 2.06 bits per heavy atom. The van der Waals surface area contributed by atoms with Crippen LogP contribution in [0.25, 0.3) is 0 Å². The van der Waals surface area contributed by atoms with Gasteiger partial charge in [0.25, 0.3) is 0 Å². The number of hydrogen-bond donors (Lipinski definition) is 2. The van der Waals surface area contributed by atoms with Gasteiger partial charge in [-0.2, -0.15) is 0 Å². The van der Waals surface area contributed by atoms with Crippen LogP contribution in [0.1, 0.15) is 37.2 Å². The first kappa shape index (κ1) is 12.0. The molecule has 1 saturated carbocycles. The number of nitrogens with one attached hydrogen (secondary N) is 1. The summed E-state index contributed by atoms with van der Waals surface area (Å²) in [6.07, 6.45) is 4.65. The van der Waals surface area contributed by atoms with Crippen LogP contribution in [0.5, 0.6) is 5.75 Å². The first-order valence-corrected chi connectivity index (χ1v) is 6.91. The molecule has 1 aromatic carbocycles. The summed E-state index contributed by atoms with van der Waals surface area (Å²) < 4.78 is 5.69. The van der Waals surface area contributed by atoms with E-state index in [1.165, 1.54) is 18.4 Å². The smallest absolute Gasteiger partial charge is 0.122 e. The minimum absolute atomic E-state index is 0.0302. The fourth-order valence-electron chi connectivity index (χ4n) is 3.18. The van der Waals surface area contributed by atoms with Gasteiger partial charge >= 0.3 is 0 Å². The predicted octanol–water partition coefficient (Wildman–Crippen LogP) is 2.06. The number of fused-ring (bicyclic) bond motifs is 1. The third-order valence-corrected chi connectivity index (χ3v) is 4.39. The van der Waals surface area contributed by atoms with E-state index in [2.05, 4.69) is 17.4 Å². The molecule has 1 aliphatic carbocycles. The number of ether oxygens (including phenoxy) is 1. The van der Waals surface area contributed by atoms with Gasteiger partial charge in [0, 0.05) is 23.6 Å². The zero-order chi connectivity index (χ0) is 12.4. The van der Waals surface area contributed by atoms with Gasteiger partial charge in [0.1, 0.15) is 5.75 Å². The van der Waals surface area contributed by atoms with Gasteiger partial charge in [-0.1, -0.05) is 31.0 Å². The monoisotopic (exact) mass is 247 g/mol. The van der Waals surface area contributed by atoms with Crippen LogP contribution in [-0.4, -0.2) is 30.4 Å². The molecule has 1 aromatic rings. The second kappa shape index (κ2) is 4.90. The topological polar surface area (TPSA) is 41.5 Å². The zero-order valence-corrected chi connectivity index (χ0v) is 10.7. The van der Waals surface area contributed by atoms with Gasteiger partial charge in [-0.15, -0.1) is 0 Å². The molecular formula is C15H21NO2. The summed E-state index contributed by atoms with van der Waals surface area (Å²) in [4.78, 5) is 0. The Morgan fingerprint density at radius 3 is 2.83 bits per heavy atom. The highest BCUT2D eigenvalue weighted by atomic mass is 16.5. The Kier molecular flexibility index (Phi) is 3.27. The molecular weight excluding hydrogens is 226 g/mol. The first-order chi connectivity index (χ1) is 8.83. The lowest BCUT2D eigenvalue weighted by Gasteiger charge is -2.29. The van der Waals surface area contributed by atoms with Crippen LogP contribution in [-0.2, 0) is 0 Å². The number of aliphatic hydroxyl groups excluding tert-OH is 1. The molecule has 0 saturated heterocycles. The highest BCUT2D eigenvalue weighted by molar-refractivity contribution is 5.39. The molecule has 1 fully saturated rings. The summed E-state index contributed by atoms with van der Waals surface area (Å²) in [5, 5.41) is 13.2. The molecule has 3 heteroatoms. The Balaban J connectivity index is 1.65. The lowest BCUT2D eigenvalue weighted by atomic mass is 9.95. The largest absolute Gasteiger partial charge is 0.493 e. The molecule has 1 aliphatic heterocycles. The molecule has 3 rings (SSSR count). The molecule has 2 N–H and O–H groups in total. The van der Waals surface area contributed by atoms with Crippen LogP contribution in [0.3, 0.4) is 0 Å². The number of rotatable bonds is 4. The number of hydrogen-bond acceptors (Lipinski definition) is 3. The summed E-state index contributed by atoms with van der Waals surface area (Å²) >= 11 is 0. The molecule has 0 bridgehead atoms. The average molecular weight is 247 g/mol. The van der Waals surface area contributed by atoms with Crippen molar-refractivity contribution in [1.29, 1.82) is 0 Å². The summed E-state index contributed by atoms with van der Waals surface area (Å²) in [5.41, 5.74) is 1.27. The lowest BCUT2D eigenvalue weighted by molar-refractivity contribution is 0.160. The molecule has 18 heavy (non-hydrogen) atoms. The van der Waals surface area contributed by atoms with Crippen molar-refractivity contribution < 1.29 is 9.84 Å². The summed E-state index contributed by atoms with van der Waals surface area (Å²) in [6.45, 7) is 1.91. The van der Waals surface area contributed by atoms with Crippen molar-refractivity contribution in [1.82, 2.24) is 5.32 Å². The Morgan fingerprint density at radius 1 is 1.28 bits per heavy atom. The minimum Gasteiger partial charge on any atom is -0.493 e. The molecule has 0 amide bonds. The van der Waals surface area contributed by atoms with Gasteiger partial charge in [-0.25, -0.2) is 0 Å². The molecule has 98 valence electrons. The molecule has 0 radical (unpaired) electrons. The van der Waals surface area contributed by atoms with Crippen molar-refractivity contribution in [3.63, 3.8) is 0 Å². The fourth-order valence-corrected chi connectivity index (χ4v) is 3.18. The van der Waals surface area contributed by atoms with Crippen LogP contribution in [0.2, 0.25) is 0 Å². The van der Waals surface area contributed by atoms with E-state index in [4.69, 9.17) is 4.74 Å². The predicted molar refractivity (Wildman–Crippen MR) is 71.0 cm³/mol. The highest BCUT2D eigenvalue weighted by Gasteiger charge is 2.34. The van der Waals surface area contributed by atoms with Crippen molar-refractivity contribution >= 4 is 0 Å². The Labute approximate surface area is 108 Å². The summed E-state index contributed by atoms with van der Waals surface area (Å²) in [6, 6.07) is 8.26. The van der Waals surface area contributed by atoms with Gasteiger partial charge in [0.2, 0.25) is 0 Å². The number of aliphatic hydroxyl groups is 1.